The molecule has 2 nitrogen and oxygen atoms in total. The Labute approximate surface area is 125 Å². The van der Waals surface area contributed by atoms with Crippen molar-refractivity contribution in [2.24, 2.45) is 5.73 Å². The second-order valence-corrected chi connectivity index (χ2v) is 7.03. The average Bonchev–Trinajstić information content (AvgIpc) is 2.82. The second-order valence-electron chi connectivity index (χ2n) is 6.08. The lowest BCUT2D eigenvalue weighted by molar-refractivity contribution is 0.217. The molecule has 0 spiro atoms. The summed E-state index contributed by atoms with van der Waals surface area (Å²) in [6.45, 7) is 9.21. The highest BCUT2D eigenvalue weighted by Crippen LogP contribution is 2.29. The van der Waals surface area contributed by atoms with Crippen molar-refractivity contribution in [1.82, 2.24) is 0 Å². The maximum atomic E-state index is 6.04. The van der Waals surface area contributed by atoms with Gasteiger partial charge in [-0.1, -0.05) is 32.9 Å². The molecule has 0 aliphatic rings. The first kappa shape index (κ1) is 15.1. The van der Waals surface area contributed by atoms with Crippen molar-refractivity contribution in [2.75, 3.05) is 6.54 Å². The Morgan fingerprint density at radius 2 is 1.80 bits per heavy atom. The number of thiophene rings is 1. The van der Waals surface area contributed by atoms with E-state index in [1.807, 2.05) is 12.1 Å². The SMILES string of the molecule is Cc1ccsc1C(CN)Oc1ccc(C(C)(C)C)cc1. The number of rotatable bonds is 4. The van der Waals surface area contributed by atoms with Crippen LogP contribution in [-0.2, 0) is 5.41 Å². The summed E-state index contributed by atoms with van der Waals surface area (Å²) >= 11 is 1.70. The predicted molar refractivity (Wildman–Crippen MR) is 86.6 cm³/mol. The average molecular weight is 289 g/mol. The van der Waals surface area contributed by atoms with Gasteiger partial charge in [0.05, 0.1) is 0 Å². The molecule has 0 aliphatic carbocycles. The van der Waals surface area contributed by atoms with E-state index in [0.29, 0.717) is 6.54 Å². The molecule has 0 saturated carbocycles. The summed E-state index contributed by atoms with van der Waals surface area (Å²) in [6, 6.07) is 10.4. The van der Waals surface area contributed by atoms with Crippen LogP contribution in [0.3, 0.4) is 0 Å². The maximum Gasteiger partial charge on any atom is 0.145 e. The minimum Gasteiger partial charge on any atom is -0.484 e. The topological polar surface area (TPSA) is 35.2 Å². The second kappa shape index (κ2) is 5.98. The van der Waals surface area contributed by atoms with Gasteiger partial charge < -0.3 is 10.5 Å². The van der Waals surface area contributed by atoms with Crippen molar-refractivity contribution in [1.29, 1.82) is 0 Å². The van der Waals surface area contributed by atoms with E-state index in [4.69, 9.17) is 10.5 Å². The molecule has 0 fully saturated rings. The normalized spacial score (nSPS) is 13.2. The van der Waals surface area contributed by atoms with Crippen molar-refractivity contribution in [3.05, 3.63) is 51.7 Å². The van der Waals surface area contributed by atoms with Gasteiger partial charge >= 0.3 is 0 Å². The van der Waals surface area contributed by atoms with Crippen molar-refractivity contribution < 1.29 is 4.74 Å². The third-order valence-electron chi connectivity index (χ3n) is 3.41. The van der Waals surface area contributed by atoms with Crippen LogP contribution in [0, 0.1) is 6.92 Å². The number of ether oxygens (including phenoxy) is 1. The Balaban J connectivity index is 2.15. The third kappa shape index (κ3) is 3.41. The van der Waals surface area contributed by atoms with E-state index in [-0.39, 0.29) is 11.5 Å². The molecule has 0 amide bonds. The van der Waals surface area contributed by atoms with E-state index in [2.05, 4.69) is 51.3 Å². The van der Waals surface area contributed by atoms with Crippen molar-refractivity contribution in [3.63, 3.8) is 0 Å². The van der Waals surface area contributed by atoms with Crippen molar-refractivity contribution in [3.8, 4) is 5.75 Å². The van der Waals surface area contributed by atoms with Gasteiger partial charge in [0.25, 0.3) is 0 Å². The van der Waals surface area contributed by atoms with Gasteiger partial charge in [0.2, 0.25) is 0 Å². The van der Waals surface area contributed by atoms with E-state index in [9.17, 15) is 0 Å². The maximum absolute atomic E-state index is 6.04. The van der Waals surface area contributed by atoms with Gasteiger partial charge in [-0.25, -0.2) is 0 Å². The largest absolute Gasteiger partial charge is 0.484 e. The van der Waals surface area contributed by atoms with Crippen LogP contribution in [-0.4, -0.2) is 6.54 Å². The summed E-state index contributed by atoms with van der Waals surface area (Å²) in [7, 11) is 0. The zero-order valence-corrected chi connectivity index (χ0v) is 13.5. The molecule has 2 aromatic rings. The van der Waals surface area contributed by atoms with Crippen LogP contribution in [0.15, 0.2) is 35.7 Å². The molecule has 0 radical (unpaired) electrons. The van der Waals surface area contributed by atoms with E-state index in [1.54, 1.807) is 11.3 Å². The first-order chi connectivity index (χ1) is 9.41. The van der Waals surface area contributed by atoms with E-state index < -0.39 is 0 Å². The first-order valence-corrected chi connectivity index (χ1v) is 7.81. The number of hydrogen-bond donors (Lipinski definition) is 1. The molecule has 1 aromatic heterocycles. The molecule has 20 heavy (non-hydrogen) atoms. The molecule has 3 heteroatoms. The fourth-order valence-corrected chi connectivity index (χ4v) is 3.09. The minimum absolute atomic E-state index is 0.0597. The fraction of sp³-hybridized carbons (Fsp3) is 0.412. The number of benzene rings is 1. The molecule has 0 saturated heterocycles. The van der Waals surface area contributed by atoms with Gasteiger partial charge in [0.1, 0.15) is 11.9 Å². The quantitative estimate of drug-likeness (QED) is 0.903. The molecule has 1 aromatic carbocycles. The molecule has 2 rings (SSSR count). The van der Waals surface area contributed by atoms with Crippen molar-refractivity contribution in [2.45, 2.75) is 39.2 Å². The van der Waals surface area contributed by atoms with E-state index in [0.717, 1.165) is 5.75 Å². The van der Waals surface area contributed by atoms with Crippen LogP contribution in [0.1, 0.15) is 42.9 Å². The molecular formula is C17H23NOS. The van der Waals surface area contributed by atoms with Gasteiger partial charge in [-0.15, -0.1) is 11.3 Å². The number of hydrogen-bond acceptors (Lipinski definition) is 3. The molecule has 0 aliphatic heterocycles. The Hall–Kier alpha value is -1.32. The van der Waals surface area contributed by atoms with Crippen LogP contribution >= 0.6 is 11.3 Å². The summed E-state index contributed by atoms with van der Waals surface area (Å²) < 4.78 is 6.04. The number of nitrogens with two attached hydrogens (primary N) is 1. The highest BCUT2D eigenvalue weighted by atomic mass is 32.1. The van der Waals surface area contributed by atoms with Crippen molar-refractivity contribution >= 4 is 11.3 Å². The van der Waals surface area contributed by atoms with Gasteiger partial charge in [-0.2, -0.15) is 0 Å². The highest BCUT2D eigenvalue weighted by Gasteiger charge is 2.17. The van der Waals surface area contributed by atoms with Gasteiger partial charge in [-0.05, 0) is 47.0 Å². The lowest BCUT2D eigenvalue weighted by Crippen LogP contribution is -2.18. The third-order valence-corrected chi connectivity index (χ3v) is 4.52. The molecule has 1 heterocycles. The van der Waals surface area contributed by atoms with Gasteiger partial charge in [0, 0.05) is 11.4 Å². The lowest BCUT2D eigenvalue weighted by Gasteiger charge is -2.21. The zero-order valence-electron chi connectivity index (χ0n) is 12.6. The summed E-state index contributed by atoms with van der Waals surface area (Å²) in [6.07, 6.45) is -0.0597. The Morgan fingerprint density at radius 1 is 1.15 bits per heavy atom. The van der Waals surface area contributed by atoms with Crippen LogP contribution in [0.2, 0.25) is 0 Å². The van der Waals surface area contributed by atoms with Gasteiger partial charge in [0.15, 0.2) is 0 Å². The minimum atomic E-state index is -0.0597. The summed E-state index contributed by atoms with van der Waals surface area (Å²) in [5.41, 5.74) is 8.58. The van der Waals surface area contributed by atoms with Crippen LogP contribution in [0.4, 0.5) is 0 Å². The summed E-state index contributed by atoms with van der Waals surface area (Å²) in [5.74, 6) is 0.876. The Morgan fingerprint density at radius 3 is 2.25 bits per heavy atom. The lowest BCUT2D eigenvalue weighted by atomic mass is 9.87. The van der Waals surface area contributed by atoms with Crippen LogP contribution < -0.4 is 10.5 Å². The molecular weight excluding hydrogens is 266 g/mol. The Bertz CT molecular complexity index is 551. The first-order valence-electron chi connectivity index (χ1n) is 6.93. The highest BCUT2D eigenvalue weighted by molar-refractivity contribution is 7.10. The molecule has 0 bridgehead atoms. The summed E-state index contributed by atoms with van der Waals surface area (Å²) in [5, 5.41) is 2.08. The molecule has 1 atom stereocenters. The molecule has 1 unspecified atom stereocenters. The Kier molecular flexibility index (Phi) is 4.51. The van der Waals surface area contributed by atoms with E-state index >= 15 is 0 Å². The number of aryl methyl sites for hydroxylation is 1. The zero-order chi connectivity index (χ0) is 14.8. The van der Waals surface area contributed by atoms with E-state index in [1.165, 1.54) is 16.0 Å². The molecule has 108 valence electrons. The van der Waals surface area contributed by atoms with Gasteiger partial charge in [-0.3, -0.25) is 0 Å². The predicted octanol–water partition coefficient (Wildman–Crippen LogP) is 4.43. The monoisotopic (exact) mass is 289 g/mol. The summed E-state index contributed by atoms with van der Waals surface area (Å²) in [4.78, 5) is 1.22. The standard InChI is InChI=1S/C17H23NOS/c1-12-9-10-20-16(12)15(11-18)19-14-7-5-13(6-8-14)17(2,3)4/h5-10,15H,11,18H2,1-4H3. The van der Waals surface area contributed by atoms with Crippen LogP contribution in [0.25, 0.3) is 0 Å². The molecule has 2 N–H and O–H groups in total. The van der Waals surface area contributed by atoms with Crippen LogP contribution in [0.5, 0.6) is 5.75 Å². The smallest absolute Gasteiger partial charge is 0.145 e. The fourth-order valence-electron chi connectivity index (χ4n) is 2.12.